The smallest absolute Gasteiger partial charge is 0.127 e. The number of nitrogens with zero attached hydrogens (tertiary/aromatic N) is 1. The summed E-state index contributed by atoms with van der Waals surface area (Å²) in [5, 5.41) is 3.41. The average Bonchev–Trinajstić information content (AvgIpc) is 2.69. The third-order valence-corrected chi connectivity index (χ3v) is 5.00. The van der Waals surface area contributed by atoms with Gasteiger partial charge < -0.3 is 5.32 Å². The molecule has 0 amide bonds. The van der Waals surface area contributed by atoms with E-state index in [9.17, 15) is 4.39 Å². The minimum atomic E-state index is -0.0647. The highest BCUT2D eigenvalue weighted by atomic mass is 19.1. The number of hydrogen-bond donors (Lipinski definition) is 1. The van der Waals surface area contributed by atoms with Crippen molar-refractivity contribution in [3.63, 3.8) is 0 Å². The monoisotopic (exact) mass is 262 g/mol. The van der Waals surface area contributed by atoms with Crippen molar-refractivity contribution < 1.29 is 4.39 Å². The summed E-state index contributed by atoms with van der Waals surface area (Å²) in [5.74, 6) is -0.0647. The van der Waals surface area contributed by atoms with Crippen molar-refractivity contribution in [2.24, 2.45) is 0 Å². The van der Waals surface area contributed by atoms with E-state index in [2.05, 4.69) is 24.2 Å². The molecule has 1 aromatic carbocycles. The molecule has 3 heteroatoms. The van der Waals surface area contributed by atoms with Crippen LogP contribution in [-0.2, 0) is 0 Å². The average molecular weight is 262 g/mol. The molecule has 2 bridgehead atoms. The number of nitrogens with one attached hydrogen (secondary N) is 1. The molecular formula is C16H23FN2. The number of fused-ring (bicyclic) bond motifs is 2. The van der Waals surface area contributed by atoms with E-state index >= 15 is 0 Å². The van der Waals surface area contributed by atoms with Gasteiger partial charge in [0.15, 0.2) is 0 Å². The van der Waals surface area contributed by atoms with Gasteiger partial charge in [0.2, 0.25) is 0 Å². The molecule has 2 saturated heterocycles. The van der Waals surface area contributed by atoms with Gasteiger partial charge in [0, 0.05) is 29.7 Å². The van der Waals surface area contributed by atoms with Gasteiger partial charge >= 0.3 is 0 Å². The number of benzene rings is 1. The van der Waals surface area contributed by atoms with Gasteiger partial charge in [-0.25, -0.2) is 4.39 Å². The number of halogens is 1. The summed E-state index contributed by atoms with van der Waals surface area (Å²) in [6, 6.07) is 9.29. The Morgan fingerprint density at radius 2 is 1.84 bits per heavy atom. The molecule has 2 fully saturated rings. The van der Waals surface area contributed by atoms with E-state index in [-0.39, 0.29) is 11.9 Å². The molecule has 104 valence electrons. The van der Waals surface area contributed by atoms with Crippen LogP contribution in [0.2, 0.25) is 0 Å². The van der Waals surface area contributed by atoms with Crippen LogP contribution >= 0.6 is 0 Å². The van der Waals surface area contributed by atoms with E-state index in [0.717, 1.165) is 5.56 Å². The Bertz CT molecular complexity index is 434. The predicted molar refractivity (Wildman–Crippen MR) is 75.5 cm³/mol. The molecule has 0 radical (unpaired) electrons. The lowest BCUT2D eigenvalue weighted by Gasteiger charge is -2.42. The molecule has 2 heterocycles. The van der Waals surface area contributed by atoms with Crippen molar-refractivity contribution in [3.05, 3.63) is 35.6 Å². The highest BCUT2D eigenvalue weighted by Gasteiger charge is 2.42. The van der Waals surface area contributed by atoms with Gasteiger partial charge in [-0.3, -0.25) is 4.90 Å². The maximum atomic E-state index is 14.0. The van der Waals surface area contributed by atoms with Gasteiger partial charge in [0.1, 0.15) is 5.82 Å². The number of piperidine rings is 1. The predicted octanol–water partition coefficient (Wildman–Crippen LogP) is 3.10. The molecule has 0 saturated carbocycles. The molecule has 3 atom stereocenters. The van der Waals surface area contributed by atoms with Crippen LogP contribution in [0.1, 0.15) is 44.2 Å². The molecule has 3 rings (SSSR count). The largest absolute Gasteiger partial charge is 0.317 e. The second kappa shape index (κ2) is 5.22. The Balaban J connectivity index is 1.82. The molecule has 1 aromatic rings. The normalized spacial score (nSPS) is 32.5. The highest BCUT2D eigenvalue weighted by Crippen LogP contribution is 2.41. The summed E-state index contributed by atoms with van der Waals surface area (Å²) in [5.41, 5.74) is 0.849. The molecule has 3 unspecified atom stereocenters. The molecule has 0 aliphatic carbocycles. The molecule has 1 N–H and O–H groups in total. The van der Waals surface area contributed by atoms with Crippen LogP contribution in [0.3, 0.4) is 0 Å². The summed E-state index contributed by atoms with van der Waals surface area (Å²) in [4.78, 5) is 2.56. The first kappa shape index (κ1) is 13.1. The molecule has 2 aliphatic rings. The van der Waals surface area contributed by atoms with Crippen LogP contribution in [0.15, 0.2) is 24.3 Å². The SMILES string of the molecule is CNC1CC2CCC(C1)N2C(C)c1ccccc1F. The Morgan fingerprint density at radius 3 is 2.42 bits per heavy atom. The first-order valence-electron chi connectivity index (χ1n) is 7.40. The van der Waals surface area contributed by atoms with Crippen LogP contribution in [-0.4, -0.2) is 30.1 Å². The summed E-state index contributed by atoms with van der Waals surface area (Å²) in [6.45, 7) is 2.16. The first-order chi connectivity index (χ1) is 9.20. The van der Waals surface area contributed by atoms with Crippen molar-refractivity contribution in [3.8, 4) is 0 Å². The van der Waals surface area contributed by atoms with E-state index in [0.29, 0.717) is 18.1 Å². The summed E-state index contributed by atoms with van der Waals surface area (Å²) in [6.07, 6.45) is 4.93. The molecular weight excluding hydrogens is 239 g/mol. The van der Waals surface area contributed by atoms with Crippen LogP contribution < -0.4 is 5.32 Å². The van der Waals surface area contributed by atoms with E-state index in [1.54, 1.807) is 12.1 Å². The minimum Gasteiger partial charge on any atom is -0.317 e. The minimum absolute atomic E-state index is 0.0647. The van der Waals surface area contributed by atoms with Crippen LogP contribution in [0, 0.1) is 5.82 Å². The molecule has 19 heavy (non-hydrogen) atoms. The molecule has 2 aliphatic heterocycles. The molecule has 0 aromatic heterocycles. The van der Waals surface area contributed by atoms with Crippen molar-refractivity contribution in [1.82, 2.24) is 10.2 Å². The third kappa shape index (κ3) is 2.30. The van der Waals surface area contributed by atoms with Crippen molar-refractivity contribution in [2.45, 2.75) is 56.8 Å². The quantitative estimate of drug-likeness (QED) is 0.900. The maximum Gasteiger partial charge on any atom is 0.127 e. The standard InChI is InChI=1S/C16H23FN2/c1-11(15-5-3-4-6-16(15)17)19-13-7-8-14(19)10-12(9-13)18-2/h3-6,11-14,18H,7-10H2,1-2H3. The first-order valence-corrected chi connectivity index (χ1v) is 7.40. The second-order valence-electron chi connectivity index (χ2n) is 5.99. The van der Waals surface area contributed by atoms with Crippen LogP contribution in [0.5, 0.6) is 0 Å². The Morgan fingerprint density at radius 1 is 1.21 bits per heavy atom. The molecule has 0 spiro atoms. The fraction of sp³-hybridized carbons (Fsp3) is 0.625. The number of hydrogen-bond acceptors (Lipinski definition) is 2. The van der Waals surface area contributed by atoms with E-state index in [1.807, 2.05) is 12.1 Å². The van der Waals surface area contributed by atoms with Gasteiger partial charge in [-0.15, -0.1) is 0 Å². The summed E-state index contributed by atoms with van der Waals surface area (Å²) < 4.78 is 14.0. The Hall–Kier alpha value is -0.930. The van der Waals surface area contributed by atoms with Gasteiger partial charge in [-0.2, -0.15) is 0 Å². The fourth-order valence-corrected chi connectivity index (χ4v) is 4.06. The zero-order chi connectivity index (χ0) is 13.4. The van der Waals surface area contributed by atoms with Gasteiger partial charge in [-0.05, 0) is 45.7 Å². The zero-order valence-electron chi connectivity index (χ0n) is 11.8. The zero-order valence-corrected chi connectivity index (χ0v) is 11.8. The second-order valence-corrected chi connectivity index (χ2v) is 5.99. The van der Waals surface area contributed by atoms with E-state index in [4.69, 9.17) is 0 Å². The number of rotatable bonds is 3. The topological polar surface area (TPSA) is 15.3 Å². The van der Waals surface area contributed by atoms with Gasteiger partial charge in [-0.1, -0.05) is 18.2 Å². The lowest BCUT2D eigenvalue weighted by Crippen LogP contribution is -2.49. The molecule has 2 nitrogen and oxygen atoms in total. The Labute approximate surface area is 115 Å². The third-order valence-electron chi connectivity index (χ3n) is 5.00. The van der Waals surface area contributed by atoms with E-state index < -0.39 is 0 Å². The fourth-order valence-electron chi connectivity index (χ4n) is 4.06. The van der Waals surface area contributed by atoms with Crippen molar-refractivity contribution in [2.75, 3.05) is 7.05 Å². The van der Waals surface area contributed by atoms with Crippen molar-refractivity contribution in [1.29, 1.82) is 0 Å². The van der Waals surface area contributed by atoms with E-state index in [1.165, 1.54) is 25.7 Å². The van der Waals surface area contributed by atoms with Crippen molar-refractivity contribution >= 4 is 0 Å². The highest BCUT2D eigenvalue weighted by molar-refractivity contribution is 5.22. The van der Waals surface area contributed by atoms with Crippen LogP contribution in [0.25, 0.3) is 0 Å². The lowest BCUT2D eigenvalue weighted by atomic mass is 9.93. The van der Waals surface area contributed by atoms with Gasteiger partial charge in [0.25, 0.3) is 0 Å². The van der Waals surface area contributed by atoms with Crippen LogP contribution in [0.4, 0.5) is 4.39 Å². The van der Waals surface area contributed by atoms with Gasteiger partial charge in [0.05, 0.1) is 0 Å². The lowest BCUT2D eigenvalue weighted by molar-refractivity contribution is 0.0773. The summed E-state index contributed by atoms with van der Waals surface area (Å²) in [7, 11) is 2.06. The summed E-state index contributed by atoms with van der Waals surface area (Å²) >= 11 is 0. The Kier molecular flexibility index (Phi) is 3.59. The maximum absolute atomic E-state index is 14.0.